The monoisotopic (exact) mass is 246 g/mol. The van der Waals surface area contributed by atoms with Crippen LogP contribution in [0.4, 0.5) is 5.69 Å². The summed E-state index contributed by atoms with van der Waals surface area (Å²) < 4.78 is 22.9. The maximum absolute atomic E-state index is 11.5. The predicted molar refractivity (Wildman–Crippen MR) is 56.2 cm³/mol. The molecule has 88 valence electrons. The minimum Gasteiger partial charge on any atom is -0.319 e. The second-order valence-corrected chi connectivity index (χ2v) is 5.38. The van der Waals surface area contributed by atoms with Crippen LogP contribution in [0, 0.1) is 17.0 Å². The number of aromatic nitrogens is 1. The second kappa shape index (κ2) is 4.05. The zero-order valence-electron chi connectivity index (χ0n) is 8.68. The van der Waals surface area contributed by atoms with E-state index in [1.165, 1.54) is 13.8 Å². The van der Waals surface area contributed by atoms with Crippen molar-refractivity contribution in [2.75, 3.05) is 5.75 Å². The first-order chi connectivity index (χ1) is 7.29. The molecular formula is C8H10N2O5S. The maximum atomic E-state index is 11.5. The first kappa shape index (κ1) is 12.4. The smallest absolute Gasteiger partial charge is 0.289 e. The van der Waals surface area contributed by atoms with Crippen LogP contribution in [0.15, 0.2) is 15.8 Å². The minimum absolute atomic E-state index is 0.0325. The number of aromatic amines is 1. The summed E-state index contributed by atoms with van der Waals surface area (Å²) >= 11 is 0. The lowest BCUT2D eigenvalue weighted by atomic mass is 10.3. The van der Waals surface area contributed by atoms with Crippen molar-refractivity contribution in [2.24, 2.45) is 0 Å². The third kappa shape index (κ3) is 2.11. The molecule has 16 heavy (non-hydrogen) atoms. The molecule has 8 heteroatoms. The number of rotatable bonds is 3. The fraction of sp³-hybridized carbons (Fsp3) is 0.375. The molecule has 0 aliphatic heterocycles. The Morgan fingerprint density at radius 2 is 2.06 bits per heavy atom. The molecule has 0 amide bonds. The van der Waals surface area contributed by atoms with Crippen molar-refractivity contribution >= 4 is 15.5 Å². The van der Waals surface area contributed by atoms with E-state index in [0.29, 0.717) is 0 Å². The van der Waals surface area contributed by atoms with Gasteiger partial charge < -0.3 is 4.98 Å². The lowest BCUT2D eigenvalue weighted by Gasteiger charge is -2.02. The van der Waals surface area contributed by atoms with Gasteiger partial charge in [0.05, 0.1) is 16.4 Å². The van der Waals surface area contributed by atoms with Gasteiger partial charge in [-0.1, -0.05) is 6.92 Å². The average Bonchev–Trinajstić information content (AvgIpc) is 2.16. The van der Waals surface area contributed by atoms with E-state index >= 15 is 0 Å². The van der Waals surface area contributed by atoms with Crippen LogP contribution < -0.4 is 5.56 Å². The van der Waals surface area contributed by atoms with E-state index in [9.17, 15) is 23.3 Å². The van der Waals surface area contributed by atoms with Gasteiger partial charge in [0.15, 0.2) is 9.84 Å². The summed E-state index contributed by atoms with van der Waals surface area (Å²) in [6.45, 7) is 2.70. The summed E-state index contributed by atoms with van der Waals surface area (Å²) in [5.74, 6) is -0.281. The molecular weight excluding hydrogens is 236 g/mol. The van der Waals surface area contributed by atoms with Crippen LogP contribution >= 0.6 is 0 Å². The molecule has 0 fully saturated rings. The van der Waals surface area contributed by atoms with Gasteiger partial charge in [-0.2, -0.15) is 0 Å². The molecule has 0 unspecified atom stereocenters. The SMILES string of the molecule is CCS(=O)(=O)c1cc([N+](=O)[O-])c(C)[nH]c1=O. The number of nitro groups is 1. The molecule has 0 saturated carbocycles. The zero-order valence-corrected chi connectivity index (χ0v) is 9.50. The molecule has 7 nitrogen and oxygen atoms in total. The van der Waals surface area contributed by atoms with Gasteiger partial charge in [-0.15, -0.1) is 0 Å². The molecule has 1 N–H and O–H groups in total. The summed E-state index contributed by atoms with van der Waals surface area (Å²) in [6, 6.07) is 0.799. The normalized spacial score (nSPS) is 11.4. The number of nitrogens with zero attached hydrogens (tertiary/aromatic N) is 1. The van der Waals surface area contributed by atoms with E-state index in [1.807, 2.05) is 0 Å². The van der Waals surface area contributed by atoms with Gasteiger partial charge in [-0.3, -0.25) is 14.9 Å². The topological polar surface area (TPSA) is 110 Å². The van der Waals surface area contributed by atoms with E-state index in [4.69, 9.17) is 0 Å². The van der Waals surface area contributed by atoms with Gasteiger partial charge in [0.1, 0.15) is 4.90 Å². The molecule has 1 aromatic heterocycles. The zero-order chi connectivity index (χ0) is 12.5. The Hall–Kier alpha value is -1.70. The van der Waals surface area contributed by atoms with Crippen LogP contribution in [0.25, 0.3) is 0 Å². The summed E-state index contributed by atoms with van der Waals surface area (Å²) in [5, 5.41) is 10.6. The number of hydrogen-bond donors (Lipinski definition) is 1. The Bertz CT molecular complexity index is 587. The molecule has 0 bridgehead atoms. The van der Waals surface area contributed by atoms with E-state index in [2.05, 4.69) is 4.98 Å². The van der Waals surface area contributed by atoms with E-state index in [0.717, 1.165) is 6.07 Å². The Labute approximate surface area is 91.2 Å². The van der Waals surface area contributed by atoms with Crippen molar-refractivity contribution in [1.82, 2.24) is 4.98 Å². The highest BCUT2D eigenvalue weighted by molar-refractivity contribution is 7.91. The van der Waals surface area contributed by atoms with Gasteiger partial charge in [0.2, 0.25) is 0 Å². The number of H-pyrrole nitrogens is 1. The number of hydrogen-bond acceptors (Lipinski definition) is 5. The lowest BCUT2D eigenvalue weighted by molar-refractivity contribution is -0.386. The third-order valence-electron chi connectivity index (χ3n) is 2.09. The summed E-state index contributed by atoms with van der Waals surface area (Å²) in [5.41, 5.74) is -1.21. The molecule has 0 aliphatic rings. The van der Waals surface area contributed by atoms with Crippen LogP contribution in [-0.2, 0) is 9.84 Å². The Morgan fingerprint density at radius 3 is 2.50 bits per heavy atom. The van der Waals surface area contributed by atoms with Crippen LogP contribution in [-0.4, -0.2) is 24.1 Å². The van der Waals surface area contributed by atoms with Gasteiger partial charge in [-0.25, -0.2) is 8.42 Å². The molecule has 0 aliphatic carbocycles. The van der Waals surface area contributed by atoms with Crippen molar-refractivity contribution in [2.45, 2.75) is 18.7 Å². The molecule has 1 rings (SSSR count). The number of nitrogens with one attached hydrogen (secondary N) is 1. The van der Waals surface area contributed by atoms with Gasteiger partial charge in [-0.05, 0) is 6.92 Å². The van der Waals surface area contributed by atoms with Gasteiger partial charge in [0, 0.05) is 6.07 Å². The second-order valence-electron chi connectivity index (χ2n) is 3.13. The number of aryl methyl sites for hydroxylation is 1. The molecule has 0 aromatic carbocycles. The molecule has 0 saturated heterocycles. The Balaban J connectivity index is 3.62. The highest BCUT2D eigenvalue weighted by atomic mass is 32.2. The largest absolute Gasteiger partial charge is 0.319 e. The highest BCUT2D eigenvalue weighted by Gasteiger charge is 2.22. The van der Waals surface area contributed by atoms with E-state index < -0.39 is 30.9 Å². The van der Waals surface area contributed by atoms with E-state index in [-0.39, 0.29) is 11.4 Å². The minimum atomic E-state index is -3.75. The molecule has 0 spiro atoms. The first-order valence-corrected chi connectivity index (χ1v) is 6.06. The molecule has 0 radical (unpaired) electrons. The lowest BCUT2D eigenvalue weighted by Crippen LogP contribution is -2.20. The third-order valence-corrected chi connectivity index (χ3v) is 3.82. The van der Waals surface area contributed by atoms with Crippen molar-refractivity contribution in [3.8, 4) is 0 Å². The van der Waals surface area contributed by atoms with Crippen LogP contribution in [0.5, 0.6) is 0 Å². The maximum Gasteiger partial charge on any atom is 0.289 e. The Kier molecular flexibility index (Phi) is 3.13. The first-order valence-electron chi connectivity index (χ1n) is 4.40. The predicted octanol–water partition coefficient (Wildman–Crippen LogP) is 0.385. The molecule has 0 atom stereocenters. The highest BCUT2D eigenvalue weighted by Crippen LogP contribution is 2.17. The van der Waals surface area contributed by atoms with Crippen molar-refractivity contribution in [1.29, 1.82) is 0 Å². The number of pyridine rings is 1. The van der Waals surface area contributed by atoms with Crippen molar-refractivity contribution in [3.05, 3.63) is 32.2 Å². The van der Waals surface area contributed by atoms with E-state index in [1.54, 1.807) is 0 Å². The average molecular weight is 246 g/mol. The fourth-order valence-corrected chi connectivity index (χ4v) is 2.11. The Morgan fingerprint density at radius 1 is 1.50 bits per heavy atom. The molecule has 1 aromatic rings. The quantitative estimate of drug-likeness (QED) is 0.612. The summed E-state index contributed by atoms with van der Waals surface area (Å²) in [6.07, 6.45) is 0. The van der Waals surface area contributed by atoms with Gasteiger partial charge >= 0.3 is 0 Å². The van der Waals surface area contributed by atoms with Gasteiger partial charge in [0.25, 0.3) is 11.2 Å². The van der Waals surface area contributed by atoms with Crippen LogP contribution in [0.1, 0.15) is 12.6 Å². The standard InChI is InChI=1S/C8H10N2O5S/c1-3-16(14,15)7-4-6(10(12)13)5(2)9-8(7)11/h4H,3H2,1-2H3,(H,9,11). The fourth-order valence-electron chi connectivity index (χ4n) is 1.17. The van der Waals surface area contributed by atoms with Crippen LogP contribution in [0.3, 0.4) is 0 Å². The summed E-state index contributed by atoms with van der Waals surface area (Å²) in [4.78, 5) is 22.8. The van der Waals surface area contributed by atoms with Crippen molar-refractivity contribution < 1.29 is 13.3 Å². The number of sulfone groups is 1. The molecule has 1 heterocycles. The van der Waals surface area contributed by atoms with Crippen LogP contribution in [0.2, 0.25) is 0 Å². The van der Waals surface area contributed by atoms with Crippen molar-refractivity contribution in [3.63, 3.8) is 0 Å². The summed E-state index contributed by atoms with van der Waals surface area (Å²) in [7, 11) is -3.75.